The minimum absolute atomic E-state index is 0.0762. The van der Waals surface area contributed by atoms with Crippen molar-refractivity contribution in [1.29, 1.82) is 0 Å². The molecular weight excluding hydrogens is 244 g/mol. The van der Waals surface area contributed by atoms with Crippen molar-refractivity contribution in [1.82, 2.24) is 0 Å². The molecule has 0 bridgehead atoms. The van der Waals surface area contributed by atoms with Crippen LogP contribution >= 0.6 is 11.6 Å². The van der Waals surface area contributed by atoms with Gasteiger partial charge in [-0.3, -0.25) is 0 Å². The van der Waals surface area contributed by atoms with E-state index in [0.717, 1.165) is 18.6 Å². The van der Waals surface area contributed by atoms with Crippen LogP contribution in [0.4, 0.5) is 0 Å². The fourth-order valence-electron chi connectivity index (χ4n) is 1.89. The summed E-state index contributed by atoms with van der Waals surface area (Å²) in [5.41, 5.74) is 1.20. The maximum atomic E-state index is 6.04. The summed E-state index contributed by atoms with van der Waals surface area (Å²) < 4.78 is 6.04. The Labute approximate surface area is 113 Å². The number of hydrogen-bond acceptors (Lipinski definition) is 1. The van der Waals surface area contributed by atoms with Crippen LogP contribution in [0.1, 0.15) is 24.5 Å². The molecule has 94 valence electrons. The van der Waals surface area contributed by atoms with Gasteiger partial charge >= 0.3 is 0 Å². The van der Waals surface area contributed by atoms with Crippen molar-refractivity contribution in [3.8, 4) is 5.75 Å². The highest BCUT2D eigenvalue weighted by molar-refractivity contribution is 6.17. The number of rotatable bonds is 6. The molecule has 0 heterocycles. The van der Waals surface area contributed by atoms with E-state index < -0.39 is 0 Å². The molecule has 2 rings (SSSR count). The van der Waals surface area contributed by atoms with Crippen LogP contribution in [0.25, 0.3) is 0 Å². The van der Waals surface area contributed by atoms with Crippen LogP contribution in [0.5, 0.6) is 5.75 Å². The second kappa shape index (κ2) is 7.07. The third-order valence-electron chi connectivity index (χ3n) is 2.79. The second-order valence-corrected chi connectivity index (χ2v) is 4.54. The first-order valence-electron chi connectivity index (χ1n) is 6.23. The van der Waals surface area contributed by atoms with Crippen LogP contribution in [-0.4, -0.2) is 5.88 Å². The van der Waals surface area contributed by atoms with Crippen molar-refractivity contribution < 1.29 is 4.74 Å². The molecule has 0 spiro atoms. The number of alkyl halides is 1. The Balaban J connectivity index is 2.10. The van der Waals surface area contributed by atoms with Gasteiger partial charge < -0.3 is 4.74 Å². The summed E-state index contributed by atoms with van der Waals surface area (Å²) in [4.78, 5) is 0. The Morgan fingerprint density at radius 3 is 2.11 bits per heavy atom. The summed E-state index contributed by atoms with van der Waals surface area (Å²) >= 11 is 5.78. The highest BCUT2D eigenvalue weighted by Gasteiger charge is 2.12. The fraction of sp³-hybridized carbons (Fsp3) is 0.250. The molecule has 18 heavy (non-hydrogen) atoms. The van der Waals surface area contributed by atoms with Gasteiger partial charge in [0, 0.05) is 5.88 Å². The maximum absolute atomic E-state index is 6.04. The SMILES string of the molecule is ClCCCC(Oc1ccccc1)c1ccccc1. The molecule has 0 fully saturated rings. The van der Waals surface area contributed by atoms with Crippen molar-refractivity contribution in [3.63, 3.8) is 0 Å². The van der Waals surface area contributed by atoms with Gasteiger partial charge in [-0.2, -0.15) is 0 Å². The Hall–Kier alpha value is -1.47. The lowest BCUT2D eigenvalue weighted by Crippen LogP contribution is -2.07. The van der Waals surface area contributed by atoms with Crippen molar-refractivity contribution >= 4 is 11.6 Å². The molecule has 0 radical (unpaired) electrons. The van der Waals surface area contributed by atoms with Gasteiger partial charge in [-0.05, 0) is 30.5 Å². The molecule has 0 saturated heterocycles. The molecule has 2 aromatic rings. The van der Waals surface area contributed by atoms with E-state index in [1.54, 1.807) is 0 Å². The van der Waals surface area contributed by atoms with Crippen molar-refractivity contribution in [2.45, 2.75) is 18.9 Å². The fourth-order valence-corrected chi connectivity index (χ4v) is 2.04. The number of halogens is 1. The van der Waals surface area contributed by atoms with Crippen molar-refractivity contribution in [2.24, 2.45) is 0 Å². The van der Waals surface area contributed by atoms with Crippen LogP contribution in [0, 0.1) is 0 Å². The number of benzene rings is 2. The first-order chi connectivity index (χ1) is 8.90. The molecule has 2 aromatic carbocycles. The van der Waals surface area contributed by atoms with Gasteiger partial charge in [-0.25, -0.2) is 0 Å². The van der Waals surface area contributed by atoms with Gasteiger partial charge in [0.1, 0.15) is 11.9 Å². The lowest BCUT2D eigenvalue weighted by atomic mass is 10.1. The minimum atomic E-state index is 0.0762. The van der Waals surface area contributed by atoms with Crippen LogP contribution in [0.15, 0.2) is 60.7 Å². The van der Waals surface area contributed by atoms with Gasteiger partial charge in [-0.1, -0.05) is 48.5 Å². The minimum Gasteiger partial charge on any atom is -0.486 e. The van der Waals surface area contributed by atoms with E-state index in [0.29, 0.717) is 5.88 Å². The Morgan fingerprint density at radius 1 is 0.889 bits per heavy atom. The molecule has 0 N–H and O–H groups in total. The third kappa shape index (κ3) is 3.78. The van der Waals surface area contributed by atoms with Crippen LogP contribution in [0.2, 0.25) is 0 Å². The smallest absolute Gasteiger partial charge is 0.124 e. The summed E-state index contributed by atoms with van der Waals surface area (Å²) in [5.74, 6) is 1.57. The lowest BCUT2D eigenvalue weighted by molar-refractivity contribution is 0.194. The average Bonchev–Trinajstić information content (AvgIpc) is 2.45. The van der Waals surface area contributed by atoms with Crippen molar-refractivity contribution in [3.05, 3.63) is 66.2 Å². The molecule has 1 nitrogen and oxygen atoms in total. The molecule has 2 heteroatoms. The van der Waals surface area contributed by atoms with Gasteiger partial charge in [0.05, 0.1) is 0 Å². The quantitative estimate of drug-likeness (QED) is 0.676. The van der Waals surface area contributed by atoms with Crippen LogP contribution in [-0.2, 0) is 0 Å². The summed E-state index contributed by atoms with van der Waals surface area (Å²) in [6.45, 7) is 0. The predicted octanol–water partition coefficient (Wildman–Crippen LogP) is 4.83. The zero-order chi connectivity index (χ0) is 12.6. The van der Waals surface area contributed by atoms with E-state index in [1.807, 2.05) is 48.5 Å². The Morgan fingerprint density at radius 2 is 1.50 bits per heavy atom. The van der Waals surface area contributed by atoms with E-state index in [2.05, 4.69) is 12.1 Å². The van der Waals surface area contributed by atoms with Crippen molar-refractivity contribution in [2.75, 3.05) is 5.88 Å². The lowest BCUT2D eigenvalue weighted by Gasteiger charge is -2.19. The standard InChI is InChI=1S/C16H17ClO/c17-13-7-12-16(14-8-3-1-4-9-14)18-15-10-5-2-6-11-15/h1-6,8-11,16H,7,12-13H2. The van der Waals surface area contributed by atoms with E-state index in [-0.39, 0.29) is 6.10 Å². The molecule has 0 amide bonds. The monoisotopic (exact) mass is 260 g/mol. The van der Waals surface area contributed by atoms with E-state index >= 15 is 0 Å². The van der Waals surface area contributed by atoms with E-state index in [1.165, 1.54) is 5.56 Å². The average molecular weight is 261 g/mol. The first kappa shape index (κ1) is 13.0. The highest BCUT2D eigenvalue weighted by atomic mass is 35.5. The first-order valence-corrected chi connectivity index (χ1v) is 6.76. The molecule has 0 aromatic heterocycles. The van der Waals surface area contributed by atoms with Crippen LogP contribution in [0.3, 0.4) is 0 Å². The molecule has 0 aliphatic heterocycles. The van der Waals surface area contributed by atoms with Gasteiger partial charge in [0.15, 0.2) is 0 Å². The summed E-state index contributed by atoms with van der Waals surface area (Å²) in [7, 11) is 0. The van der Waals surface area contributed by atoms with E-state index in [9.17, 15) is 0 Å². The second-order valence-electron chi connectivity index (χ2n) is 4.16. The molecule has 0 saturated carbocycles. The molecule has 0 aliphatic carbocycles. The largest absolute Gasteiger partial charge is 0.486 e. The zero-order valence-corrected chi connectivity index (χ0v) is 11.0. The van der Waals surface area contributed by atoms with Gasteiger partial charge in [0.25, 0.3) is 0 Å². The van der Waals surface area contributed by atoms with E-state index in [4.69, 9.17) is 16.3 Å². The van der Waals surface area contributed by atoms with Gasteiger partial charge in [-0.15, -0.1) is 11.6 Å². The third-order valence-corrected chi connectivity index (χ3v) is 3.06. The summed E-state index contributed by atoms with van der Waals surface area (Å²) in [6.07, 6.45) is 1.96. The topological polar surface area (TPSA) is 9.23 Å². The number of ether oxygens (including phenoxy) is 1. The maximum Gasteiger partial charge on any atom is 0.124 e. The Kier molecular flexibility index (Phi) is 5.10. The predicted molar refractivity (Wildman–Crippen MR) is 76.2 cm³/mol. The molecular formula is C16H17ClO. The molecule has 1 unspecified atom stereocenters. The van der Waals surface area contributed by atoms with Gasteiger partial charge in [0.2, 0.25) is 0 Å². The number of hydrogen-bond donors (Lipinski definition) is 0. The number of para-hydroxylation sites is 1. The zero-order valence-electron chi connectivity index (χ0n) is 10.3. The normalized spacial score (nSPS) is 12.1. The molecule has 0 aliphatic rings. The Bertz CT molecular complexity index is 441. The summed E-state index contributed by atoms with van der Waals surface area (Å²) in [6, 6.07) is 20.2. The highest BCUT2D eigenvalue weighted by Crippen LogP contribution is 2.25. The molecule has 1 atom stereocenters. The summed E-state index contributed by atoms with van der Waals surface area (Å²) in [5, 5.41) is 0. The van der Waals surface area contributed by atoms with Crippen LogP contribution < -0.4 is 4.74 Å².